The molecule has 96 valence electrons. The van der Waals surface area contributed by atoms with Crippen LogP contribution in [-0.2, 0) is 11.5 Å². The molecule has 0 saturated carbocycles. The number of fused-ring (bicyclic) bond motifs is 1. The Bertz CT molecular complexity index is 734. The minimum absolute atomic E-state index is 0.0321. The predicted octanol–water partition coefficient (Wildman–Crippen LogP) is 3.42. The average Bonchev–Trinajstić information content (AvgIpc) is 2.89. The van der Waals surface area contributed by atoms with E-state index in [-0.39, 0.29) is 5.56 Å². The number of aromatic amines is 1. The molecule has 0 atom stereocenters. The summed E-state index contributed by atoms with van der Waals surface area (Å²) in [5, 5.41) is 1.90. The SMILES string of the molecule is O=c1[nH]c(CSCc2ccccc2)nc2ccsc12. The molecule has 0 aliphatic carbocycles. The van der Waals surface area contributed by atoms with Crippen LogP contribution >= 0.6 is 23.1 Å². The largest absolute Gasteiger partial charge is 0.309 e. The summed E-state index contributed by atoms with van der Waals surface area (Å²) < 4.78 is 0.705. The molecule has 0 amide bonds. The molecule has 3 rings (SSSR count). The molecule has 19 heavy (non-hydrogen) atoms. The summed E-state index contributed by atoms with van der Waals surface area (Å²) in [5.74, 6) is 2.39. The maximum Gasteiger partial charge on any atom is 0.268 e. The van der Waals surface area contributed by atoms with Crippen molar-refractivity contribution in [2.45, 2.75) is 11.5 Å². The van der Waals surface area contributed by atoms with Gasteiger partial charge in [0.15, 0.2) is 0 Å². The zero-order valence-electron chi connectivity index (χ0n) is 10.1. The van der Waals surface area contributed by atoms with Gasteiger partial charge in [-0.15, -0.1) is 23.1 Å². The number of hydrogen-bond donors (Lipinski definition) is 1. The van der Waals surface area contributed by atoms with Gasteiger partial charge in [0.05, 0.1) is 11.3 Å². The fourth-order valence-corrected chi connectivity index (χ4v) is 3.42. The quantitative estimate of drug-likeness (QED) is 0.800. The lowest BCUT2D eigenvalue weighted by Gasteiger charge is -2.02. The average molecular weight is 288 g/mol. The lowest BCUT2D eigenvalue weighted by molar-refractivity contribution is 1.04. The molecule has 0 saturated heterocycles. The first-order chi connectivity index (χ1) is 9.33. The van der Waals surface area contributed by atoms with Crippen LogP contribution in [0.5, 0.6) is 0 Å². The van der Waals surface area contributed by atoms with Crippen LogP contribution in [0.1, 0.15) is 11.4 Å². The first-order valence-corrected chi connectivity index (χ1v) is 7.94. The molecule has 0 radical (unpaired) electrons. The molecular weight excluding hydrogens is 276 g/mol. The fourth-order valence-electron chi connectivity index (χ4n) is 1.83. The molecule has 5 heteroatoms. The van der Waals surface area contributed by atoms with Crippen LogP contribution in [0.15, 0.2) is 46.6 Å². The molecule has 0 aliphatic heterocycles. The topological polar surface area (TPSA) is 45.8 Å². The Labute approximate surface area is 118 Å². The summed E-state index contributed by atoms with van der Waals surface area (Å²) in [6.07, 6.45) is 0. The zero-order valence-corrected chi connectivity index (χ0v) is 11.8. The summed E-state index contributed by atoms with van der Waals surface area (Å²) in [6, 6.07) is 12.2. The van der Waals surface area contributed by atoms with E-state index in [1.807, 2.05) is 29.6 Å². The Kier molecular flexibility index (Phi) is 3.66. The fraction of sp³-hybridized carbons (Fsp3) is 0.143. The summed E-state index contributed by atoms with van der Waals surface area (Å²) in [6.45, 7) is 0. The van der Waals surface area contributed by atoms with Crippen LogP contribution in [0.25, 0.3) is 10.2 Å². The molecule has 2 aromatic heterocycles. The van der Waals surface area contributed by atoms with Gasteiger partial charge in [0.25, 0.3) is 5.56 Å². The maximum absolute atomic E-state index is 11.8. The first-order valence-electron chi connectivity index (χ1n) is 5.91. The van der Waals surface area contributed by atoms with Crippen LogP contribution in [0.4, 0.5) is 0 Å². The van der Waals surface area contributed by atoms with Gasteiger partial charge in [-0.3, -0.25) is 4.79 Å². The van der Waals surface area contributed by atoms with Crippen molar-refractivity contribution in [1.82, 2.24) is 9.97 Å². The smallest absolute Gasteiger partial charge is 0.268 e. The number of hydrogen-bond acceptors (Lipinski definition) is 4. The molecule has 0 aliphatic rings. The highest BCUT2D eigenvalue weighted by atomic mass is 32.2. The van der Waals surface area contributed by atoms with Crippen LogP contribution in [0.2, 0.25) is 0 Å². The molecule has 1 aromatic carbocycles. The van der Waals surface area contributed by atoms with Gasteiger partial charge < -0.3 is 4.98 Å². The van der Waals surface area contributed by atoms with Crippen molar-refractivity contribution >= 4 is 33.3 Å². The van der Waals surface area contributed by atoms with E-state index in [9.17, 15) is 4.79 Å². The Balaban J connectivity index is 1.70. The van der Waals surface area contributed by atoms with E-state index >= 15 is 0 Å². The highest BCUT2D eigenvalue weighted by Gasteiger charge is 2.04. The number of thioether (sulfide) groups is 1. The maximum atomic E-state index is 11.8. The molecule has 0 bridgehead atoms. The third kappa shape index (κ3) is 2.88. The molecule has 3 nitrogen and oxygen atoms in total. The number of nitrogens with zero attached hydrogens (tertiary/aromatic N) is 1. The summed E-state index contributed by atoms with van der Waals surface area (Å²) in [7, 11) is 0. The van der Waals surface area contributed by atoms with Crippen LogP contribution in [-0.4, -0.2) is 9.97 Å². The third-order valence-corrected chi connectivity index (χ3v) is 4.63. The van der Waals surface area contributed by atoms with Crippen molar-refractivity contribution in [3.05, 3.63) is 63.5 Å². The van der Waals surface area contributed by atoms with Crippen molar-refractivity contribution in [2.24, 2.45) is 0 Å². The lowest BCUT2D eigenvalue weighted by atomic mass is 10.2. The monoisotopic (exact) mass is 288 g/mol. The highest BCUT2D eigenvalue weighted by molar-refractivity contribution is 7.97. The number of rotatable bonds is 4. The van der Waals surface area contributed by atoms with Crippen molar-refractivity contribution in [3.63, 3.8) is 0 Å². The first kappa shape index (κ1) is 12.4. The second kappa shape index (κ2) is 5.59. The standard InChI is InChI=1S/C14H12N2OS2/c17-14-13-11(6-7-19-13)15-12(16-14)9-18-8-10-4-2-1-3-5-10/h1-7H,8-9H2,(H,15,16,17). The lowest BCUT2D eigenvalue weighted by Crippen LogP contribution is -2.09. The number of H-pyrrole nitrogens is 1. The van der Waals surface area contributed by atoms with E-state index < -0.39 is 0 Å². The molecule has 1 N–H and O–H groups in total. The molecular formula is C14H12N2OS2. The minimum atomic E-state index is -0.0321. The summed E-state index contributed by atoms with van der Waals surface area (Å²) in [5.41, 5.74) is 2.05. The number of aromatic nitrogens is 2. The van der Waals surface area contributed by atoms with E-state index in [0.29, 0.717) is 4.70 Å². The zero-order chi connectivity index (χ0) is 13.1. The Morgan fingerprint density at radius 3 is 2.84 bits per heavy atom. The minimum Gasteiger partial charge on any atom is -0.309 e. The van der Waals surface area contributed by atoms with E-state index in [2.05, 4.69) is 22.1 Å². The molecule has 0 unspecified atom stereocenters. The molecule has 2 heterocycles. The Morgan fingerprint density at radius 1 is 1.16 bits per heavy atom. The second-order valence-electron chi connectivity index (χ2n) is 4.13. The van der Waals surface area contributed by atoms with Gasteiger partial charge in [-0.2, -0.15) is 0 Å². The van der Waals surface area contributed by atoms with Gasteiger partial charge in [-0.1, -0.05) is 30.3 Å². The summed E-state index contributed by atoms with van der Waals surface area (Å²) in [4.78, 5) is 19.1. The van der Waals surface area contributed by atoms with Gasteiger partial charge in [0.1, 0.15) is 10.5 Å². The van der Waals surface area contributed by atoms with Gasteiger partial charge in [-0.05, 0) is 17.0 Å². The van der Waals surface area contributed by atoms with E-state index in [1.165, 1.54) is 16.9 Å². The molecule has 0 spiro atoms. The predicted molar refractivity (Wildman–Crippen MR) is 81.7 cm³/mol. The van der Waals surface area contributed by atoms with Crippen LogP contribution < -0.4 is 5.56 Å². The van der Waals surface area contributed by atoms with E-state index in [4.69, 9.17) is 0 Å². The van der Waals surface area contributed by atoms with Crippen LogP contribution in [0.3, 0.4) is 0 Å². The van der Waals surface area contributed by atoms with Crippen LogP contribution in [0, 0.1) is 0 Å². The van der Waals surface area contributed by atoms with Gasteiger partial charge >= 0.3 is 0 Å². The van der Waals surface area contributed by atoms with Crippen molar-refractivity contribution < 1.29 is 0 Å². The Morgan fingerprint density at radius 2 is 2.00 bits per heavy atom. The van der Waals surface area contributed by atoms with Gasteiger partial charge in [0.2, 0.25) is 0 Å². The number of thiophene rings is 1. The highest BCUT2D eigenvalue weighted by Crippen LogP contribution is 2.18. The van der Waals surface area contributed by atoms with E-state index in [0.717, 1.165) is 22.8 Å². The Hall–Kier alpha value is -1.59. The normalized spacial score (nSPS) is 10.9. The second-order valence-corrected chi connectivity index (χ2v) is 6.03. The third-order valence-electron chi connectivity index (χ3n) is 2.71. The number of benzene rings is 1. The number of nitrogens with one attached hydrogen (secondary N) is 1. The molecule has 0 fully saturated rings. The van der Waals surface area contributed by atoms with Crippen molar-refractivity contribution in [3.8, 4) is 0 Å². The van der Waals surface area contributed by atoms with Crippen molar-refractivity contribution in [1.29, 1.82) is 0 Å². The summed E-state index contributed by atoms with van der Waals surface area (Å²) >= 11 is 3.18. The van der Waals surface area contributed by atoms with E-state index in [1.54, 1.807) is 11.8 Å². The van der Waals surface area contributed by atoms with Gasteiger partial charge in [-0.25, -0.2) is 4.98 Å². The van der Waals surface area contributed by atoms with Crippen molar-refractivity contribution in [2.75, 3.05) is 0 Å². The van der Waals surface area contributed by atoms with Gasteiger partial charge in [0, 0.05) is 5.75 Å². The molecule has 3 aromatic rings.